The average molecular weight is 321 g/mol. The number of para-hydroxylation sites is 1. The largest absolute Gasteiger partial charge is 0.507 e. The minimum absolute atomic E-state index is 0.328. The second-order valence-corrected chi connectivity index (χ2v) is 6.05. The van der Waals surface area contributed by atoms with E-state index in [1.54, 1.807) is 12.3 Å². The molecular formula is C19H15NO2S. The van der Waals surface area contributed by atoms with Gasteiger partial charge in [0.2, 0.25) is 0 Å². The number of hydrogen-bond donors (Lipinski definition) is 1. The molecule has 4 rings (SSSR count). The molecule has 0 saturated heterocycles. The molecule has 1 N–H and O–H groups in total. The SMILES string of the molecule is O=S1N=Cc2ccccc21.Oc1ccccc1-c1ccccc1. The van der Waals surface area contributed by atoms with Gasteiger partial charge in [-0.3, -0.25) is 0 Å². The monoisotopic (exact) mass is 321 g/mol. The number of hydrogen-bond acceptors (Lipinski definition) is 2. The van der Waals surface area contributed by atoms with E-state index in [0.717, 1.165) is 21.6 Å². The molecule has 0 radical (unpaired) electrons. The summed E-state index contributed by atoms with van der Waals surface area (Å²) in [5.74, 6) is 0.328. The van der Waals surface area contributed by atoms with Crippen molar-refractivity contribution in [2.24, 2.45) is 4.40 Å². The van der Waals surface area contributed by atoms with Gasteiger partial charge in [0.1, 0.15) is 5.75 Å². The average Bonchev–Trinajstić information content (AvgIpc) is 2.98. The van der Waals surface area contributed by atoms with Gasteiger partial charge in [-0.2, -0.15) is 4.40 Å². The predicted octanol–water partition coefficient (Wildman–Crippen LogP) is 4.20. The molecule has 23 heavy (non-hydrogen) atoms. The van der Waals surface area contributed by atoms with Crippen LogP contribution in [0.4, 0.5) is 0 Å². The zero-order chi connectivity index (χ0) is 16.1. The summed E-state index contributed by atoms with van der Waals surface area (Å²) in [5, 5.41) is 9.56. The molecule has 0 spiro atoms. The highest BCUT2D eigenvalue weighted by Gasteiger charge is 2.11. The van der Waals surface area contributed by atoms with Gasteiger partial charge in [-0.15, -0.1) is 0 Å². The lowest BCUT2D eigenvalue weighted by molar-refractivity contribution is 0.477. The molecule has 0 bridgehead atoms. The maximum Gasteiger partial charge on any atom is 0.173 e. The van der Waals surface area contributed by atoms with Crippen molar-refractivity contribution in [3.8, 4) is 16.9 Å². The molecule has 0 aliphatic carbocycles. The smallest absolute Gasteiger partial charge is 0.173 e. The Morgan fingerprint density at radius 2 is 1.43 bits per heavy atom. The molecule has 0 saturated carbocycles. The molecule has 1 heterocycles. The molecule has 0 amide bonds. The number of nitrogens with zero attached hydrogens (tertiary/aromatic N) is 1. The van der Waals surface area contributed by atoms with Crippen molar-refractivity contribution in [2.75, 3.05) is 0 Å². The van der Waals surface area contributed by atoms with Gasteiger partial charge < -0.3 is 5.11 Å². The fourth-order valence-corrected chi connectivity index (χ4v) is 3.08. The van der Waals surface area contributed by atoms with Crippen LogP contribution in [0.25, 0.3) is 11.1 Å². The van der Waals surface area contributed by atoms with Crippen molar-refractivity contribution in [3.05, 3.63) is 84.4 Å². The highest BCUT2D eigenvalue weighted by Crippen LogP contribution is 2.27. The molecular weight excluding hydrogens is 306 g/mol. The van der Waals surface area contributed by atoms with Crippen LogP contribution in [0.2, 0.25) is 0 Å². The van der Waals surface area contributed by atoms with E-state index in [4.69, 9.17) is 0 Å². The van der Waals surface area contributed by atoms with Crippen molar-refractivity contribution < 1.29 is 9.32 Å². The molecule has 1 aliphatic rings. The maximum atomic E-state index is 11.0. The van der Waals surface area contributed by atoms with E-state index >= 15 is 0 Å². The van der Waals surface area contributed by atoms with Crippen LogP contribution in [-0.2, 0) is 11.0 Å². The van der Waals surface area contributed by atoms with Crippen molar-refractivity contribution in [2.45, 2.75) is 4.90 Å². The summed E-state index contributed by atoms with van der Waals surface area (Å²) in [6.07, 6.45) is 1.64. The zero-order valence-corrected chi connectivity index (χ0v) is 13.1. The van der Waals surface area contributed by atoms with Crippen LogP contribution < -0.4 is 0 Å². The van der Waals surface area contributed by atoms with Crippen molar-refractivity contribution in [1.29, 1.82) is 0 Å². The molecule has 3 aromatic carbocycles. The Hall–Kier alpha value is -2.72. The Morgan fingerprint density at radius 1 is 0.783 bits per heavy atom. The number of aromatic hydroxyl groups is 1. The van der Waals surface area contributed by atoms with Crippen LogP contribution in [0, 0.1) is 0 Å². The molecule has 3 aromatic rings. The third kappa shape index (κ3) is 3.55. The van der Waals surface area contributed by atoms with E-state index in [0.29, 0.717) is 5.75 Å². The predicted molar refractivity (Wildman–Crippen MR) is 94.0 cm³/mol. The Balaban J connectivity index is 0.000000140. The van der Waals surface area contributed by atoms with Crippen LogP contribution in [0.1, 0.15) is 5.56 Å². The Kier molecular flexibility index (Phi) is 4.64. The van der Waals surface area contributed by atoms with E-state index in [9.17, 15) is 9.32 Å². The number of phenols is 1. The molecule has 0 aromatic heterocycles. The van der Waals surface area contributed by atoms with Crippen LogP contribution in [0.3, 0.4) is 0 Å². The first-order valence-electron chi connectivity index (χ1n) is 7.14. The number of phenolic OH excluding ortho intramolecular Hbond substituents is 1. The number of benzene rings is 3. The zero-order valence-electron chi connectivity index (χ0n) is 12.3. The van der Waals surface area contributed by atoms with E-state index < -0.39 is 11.0 Å². The quantitative estimate of drug-likeness (QED) is 0.730. The Morgan fingerprint density at radius 3 is 2.17 bits per heavy atom. The minimum atomic E-state index is -1.13. The minimum Gasteiger partial charge on any atom is -0.507 e. The molecule has 0 fully saturated rings. The second-order valence-electron chi connectivity index (χ2n) is 4.90. The van der Waals surface area contributed by atoms with Crippen LogP contribution in [-0.4, -0.2) is 15.5 Å². The second kappa shape index (κ2) is 7.03. The lowest BCUT2D eigenvalue weighted by Gasteiger charge is -2.02. The molecule has 4 heteroatoms. The maximum absolute atomic E-state index is 11.0. The molecule has 114 valence electrons. The summed E-state index contributed by atoms with van der Waals surface area (Å²) in [6, 6.07) is 24.7. The lowest BCUT2D eigenvalue weighted by Crippen LogP contribution is -1.82. The van der Waals surface area contributed by atoms with E-state index in [1.807, 2.05) is 72.8 Å². The van der Waals surface area contributed by atoms with Crippen LogP contribution in [0.15, 0.2) is 88.2 Å². The third-order valence-corrected chi connectivity index (χ3v) is 4.43. The van der Waals surface area contributed by atoms with Gasteiger partial charge in [0.25, 0.3) is 0 Å². The van der Waals surface area contributed by atoms with Gasteiger partial charge in [0, 0.05) is 17.3 Å². The van der Waals surface area contributed by atoms with E-state index in [-0.39, 0.29) is 0 Å². The van der Waals surface area contributed by atoms with Crippen LogP contribution >= 0.6 is 0 Å². The summed E-state index contributed by atoms with van der Waals surface area (Å²) in [5.41, 5.74) is 2.89. The fraction of sp³-hybridized carbons (Fsp3) is 0. The van der Waals surface area contributed by atoms with Crippen LogP contribution in [0.5, 0.6) is 5.75 Å². The van der Waals surface area contributed by atoms with Crippen molar-refractivity contribution in [1.82, 2.24) is 0 Å². The standard InChI is InChI=1S/C12H10O.C7H5NOS/c13-12-9-5-4-8-11(12)10-6-2-1-3-7-10;9-10-7-4-2-1-3-6(7)5-8-10/h1-9,13H;1-5H. The van der Waals surface area contributed by atoms with Gasteiger partial charge in [-0.1, -0.05) is 66.7 Å². The summed E-state index contributed by atoms with van der Waals surface area (Å²) < 4.78 is 14.7. The summed E-state index contributed by atoms with van der Waals surface area (Å²) >= 11 is 0. The molecule has 3 nitrogen and oxygen atoms in total. The van der Waals surface area contributed by atoms with Gasteiger partial charge in [0.05, 0.1) is 4.90 Å². The first kappa shape index (κ1) is 15.2. The van der Waals surface area contributed by atoms with E-state index in [2.05, 4.69) is 4.40 Å². The van der Waals surface area contributed by atoms with Gasteiger partial charge in [-0.25, -0.2) is 4.21 Å². The molecule has 1 aliphatic heterocycles. The first-order valence-corrected chi connectivity index (χ1v) is 8.25. The molecule has 1 atom stereocenters. The highest BCUT2D eigenvalue weighted by atomic mass is 32.2. The van der Waals surface area contributed by atoms with Gasteiger partial charge >= 0.3 is 0 Å². The third-order valence-electron chi connectivity index (χ3n) is 3.38. The van der Waals surface area contributed by atoms with E-state index in [1.165, 1.54) is 0 Å². The van der Waals surface area contributed by atoms with Crippen molar-refractivity contribution in [3.63, 3.8) is 0 Å². The number of rotatable bonds is 1. The number of fused-ring (bicyclic) bond motifs is 1. The summed E-state index contributed by atoms with van der Waals surface area (Å²) in [4.78, 5) is 0.822. The topological polar surface area (TPSA) is 49.7 Å². The molecule has 1 unspecified atom stereocenters. The fourth-order valence-electron chi connectivity index (χ4n) is 2.24. The Labute approximate surface area is 137 Å². The highest BCUT2D eigenvalue weighted by molar-refractivity contribution is 7.84. The lowest BCUT2D eigenvalue weighted by atomic mass is 10.1. The first-order chi connectivity index (χ1) is 11.3. The summed E-state index contributed by atoms with van der Waals surface area (Å²) in [7, 11) is -1.13. The normalized spacial score (nSPS) is 14.7. The van der Waals surface area contributed by atoms with Gasteiger partial charge in [-0.05, 0) is 17.7 Å². The van der Waals surface area contributed by atoms with Gasteiger partial charge in [0.15, 0.2) is 11.0 Å². The van der Waals surface area contributed by atoms with Crippen molar-refractivity contribution >= 4 is 17.2 Å². The Bertz CT molecular complexity index is 860. The summed E-state index contributed by atoms with van der Waals surface area (Å²) in [6.45, 7) is 0.